The average molecular weight is 387 g/mol. The lowest BCUT2D eigenvalue weighted by Gasteiger charge is -2.30. The van der Waals surface area contributed by atoms with Crippen LogP contribution in [0.1, 0.15) is 34.9 Å². The molecule has 0 radical (unpaired) electrons. The Balaban J connectivity index is 1.58. The quantitative estimate of drug-likeness (QED) is 0.644. The van der Waals surface area contributed by atoms with Gasteiger partial charge in [0.2, 0.25) is 5.82 Å². The highest BCUT2D eigenvalue weighted by molar-refractivity contribution is 7.19. The van der Waals surface area contributed by atoms with Gasteiger partial charge in [-0.2, -0.15) is 0 Å². The lowest BCUT2D eigenvalue weighted by Crippen LogP contribution is -3.12. The number of rotatable bonds is 1. The molecule has 0 unspecified atom stereocenters. The number of thiophene rings is 1. The van der Waals surface area contributed by atoms with Gasteiger partial charge in [-0.25, -0.2) is 14.5 Å². The summed E-state index contributed by atoms with van der Waals surface area (Å²) in [4.78, 5) is 27.5. The SMILES string of the molecule is C[NH+]1CCN(C(=O)c2nc3c4c5c(sc4ncn3n2)COC(C)(C)C5)CC1. The van der Waals surface area contributed by atoms with Crippen molar-refractivity contribution in [2.75, 3.05) is 33.2 Å². The van der Waals surface area contributed by atoms with Gasteiger partial charge in [-0.3, -0.25) is 4.79 Å². The van der Waals surface area contributed by atoms with E-state index in [9.17, 15) is 4.79 Å². The Morgan fingerprint density at radius 1 is 1.33 bits per heavy atom. The Morgan fingerprint density at radius 3 is 2.89 bits per heavy atom. The molecule has 0 aliphatic carbocycles. The van der Waals surface area contributed by atoms with E-state index in [1.54, 1.807) is 22.2 Å². The third-order valence-corrected chi connectivity index (χ3v) is 6.62. The molecule has 8 nitrogen and oxygen atoms in total. The molecule has 0 spiro atoms. The average Bonchev–Trinajstić information content (AvgIpc) is 3.21. The Morgan fingerprint density at radius 2 is 2.11 bits per heavy atom. The van der Waals surface area contributed by atoms with Gasteiger partial charge in [0.1, 0.15) is 11.2 Å². The summed E-state index contributed by atoms with van der Waals surface area (Å²) in [6.45, 7) is 8.19. The molecule has 9 heteroatoms. The molecule has 3 aromatic rings. The summed E-state index contributed by atoms with van der Waals surface area (Å²) >= 11 is 1.65. The molecule has 5 heterocycles. The second kappa shape index (κ2) is 5.95. The topological polar surface area (TPSA) is 77.1 Å². The Bertz CT molecular complexity index is 1050. The number of hydrogen-bond donors (Lipinski definition) is 1. The largest absolute Gasteiger partial charge is 0.370 e. The van der Waals surface area contributed by atoms with Gasteiger partial charge >= 0.3 is 0 Å². The van der Waals surface area contributed by atoms with Gasteiger partial charge in [0, 0.05) is 11.3 Å². The van der Waals surface area contributed by atoms with Crippen molar-refractivity contribution in [3.05, 3.63) is 22.6 Å². The number of fused-ring (bicyclic) bond motifs is 5. The maximum atomic E-state index is 12.9. The Hall–Kier alpha value is -2.10. The Kier molecular flexibility index (Phi) is 3.75. The molecule has 1 fully saturated rings. The summed E-state index contributed by atoms with van der Waals surface area (Å²) in [6, 6.07) is 0. The van der Waals surface area contributed by atoms with Crippen molar-refractivity contribution in [3.8, 4) is 0 Å². The van der Waals surface area contributed by atoms with Crippen LogP contribution >= 0.6 is 11.3 Å². The smallest absolute Gasteiger partial charge is 0.293 e. The van der Waals surface area contributed by atoms with E-state index in [-0.39, 0.29) is 17.3 Å². The molecule has 27 heavy (non-hydrogen) atoms. The zero-order valence-electron chi connectivity index (χ0n) is 15.8. The molecule has 1 N–H and O–H groups in total. The van der Waals surface area contributed by atoms with Crippen LogP contribution in [0.3, 0.4) is 0 Å². The van der Waals surface area contributed by atoms with Crippen LogP contribution in [0, 0.1) is 0 Å². The zero-order chi connectivity index (χ0) is 18.8. The molecule has 2 aliphatic heterocycles. The van der Waals surface area contributed by atoms with Crippen LogP contribution in [0.5, 0.6) is 0 Å². The predicted octanol–water partition coefficient (Wildman–Crippen LogP) is 0.161. The lowest BCUT2D eigenvalue weighted by atomic mass is 9.94. The normalized spacial score (nSPS) is 20.3. The standard InChI is InChI=1S/C18H22N6O2S/c1-18(2)8-11-12(9-26-18)27-16-13(11)15-20-14(21-24(15)10-19-16)17(25)23-6-4-22(3)5-7-23/h10H,4-9H2,1-3H3/p+1. The van der Waals surface area contributed by atoms with Crippen molar-refractivity contribution in [2.45, 2.75) is 32.5 Å². The van der Waals surface area contributed by atoms with Crippen LogP contribution in [0.2, 0.25) is 0 Å². The van der Waals surface area contributed by atoms with Crippen LogP contribution in [0.15, 0.2) is 6.33 Å². The van der Waals surface area contributed by atoms with E-state index in [0.29, 0.717) is 6.61 Å². The molecule has 1 saturated heterocycles. The molecule has 5 rings (SSSR count). The van der Waals surface area contributed by atoms with E-state index in [1.807, 2.05) is 4.90 Å². The first kappa shape index (κ1) is 17.0. The van der Waals surface area contributed by atoms with Crippen molar-refractivity contribution in [1.82, 2.24) is 24.5 Å². The van der Waals surface area contributed by atoms with Gasteiger partial charge in [-0.1, -0.05) is 0 Å². The molecule has 1 amide bonds. The minimum atomic E-state index is -0.214. The van der Waals surface area contributed by atoms with E-state index in [4.69, 9.17) is 4.74 Å². The fraction of sp³-hybridized carbons (Fsp3) is 0.556. The van der Waals surface area contributed by atoms with Crippen molar-refractivity contribution in [3.63, 3.8) is 0 Å². The highest BCUT2D eigenvalue weighted by atomic mass is 32.1. The molecule has 142 valence electrons. The molecule has 0 saturated carbocycles. The third kappa shape index (κ3) is 2.81. The number of nitrogens with zero attached hydrogens (tertiary/aromatic N) is 5. The number of hydrogen-bond acceptors (Lipinski definition) is 6. The third-order valence-electron chi connectivity index (χ3n) is 5.50. The minimum Gasteiger partial charge on any atom is -0.370 e. The van der Waals surface area contributed by atoms with E-state index < -0.39 is 0 Å². The summed E-state index contributed by atoms with van der Waals surface area (Å²) in [5, 5.41) is 5.46. The molecule has 0 bridgehead atoms. The number of carbonyl (C=O) groups excluding carboxylic acids is 1. The van der Waals surface area contributed by atoms with Crippen molar-refractivity contribution < 1.29 is 14.4 Å². The maximum Gasteiger partial charge on any atom is 0.293 e. The molecule has 0 aromatic carbocycles. The lowest BCUT2D eigenvalue weighted by molar-refractivity contribution is -0.883. The van der Waals surface area contributed by atoms with Crippen LogP contribution in [0.4, 0.5) is 0 Å². The van der Waals surface area contributed by atoms with Gasteiger partial charge in [0.05, 0.1) is 50.8 Å². The molecular weight excluding hydrogens is 364 g/mol. The summed E-state index contributed by atoms with van der Waals surface area (Å²) in [7, 11) is 2.15. The molecule has 2 aliphatic rings. The number of piperazine rings is 1. The van der Waals surface area contributed by atoms with Crippen LogP contribution in [-0.2, 0) is 17.8 Å². The van der Waals surface area contributed by atoms with Crippen molar-refractivity contribution in [2.24, 2.45) is 0 Å². The summed E-state index contributed by atoms with van der Waals surface area (Å²) < 4.78 is 7.59. The summed E-state index contributed by atoms with van der Waals surface area (Å²) in [5.41, 5.74) is 1.74. The first-order valence-corrected chi connectivity index (χ1v) is 10.1. The second-order valence-corrected chi connectivity index (χ2v) is 9.19. The fourth-order valence-corrected chi connectivity index (χ4v) is 4.93. The highest BCUT2D eigenvalue weighted by Gasteiger charge is 2.31. The van der Waals surface area contributed by atoms with Gasteiger partial charge in [0.25, 0.3) is 5.91 Å². The summed E-state index contributed by atoms with van der Waals surface area (Å²) in [6.07, 6.45) is 2.46. The first-order chi connectivity index (χ1) is 12.9. The monoisotopic (exact) mass is 387 g/mol. The van der Waals surface area contributed by atoms with Crippen LogP contribution in [-0.4, -0.2) is 69.2 Å². The number of carbonyl (C=O) groups is 1. The van der Waals surface area contributed by atoms with Crippen LogP contribution < -0.4 is 4.90 Å². The van der Waals surface area contributed by atoms with Crippen molar-refractivity contribution in [1.29, 1.82) is 0 Å². The number of ether oxygens (including phenoxy) is 1. The maximum absolute atomic E-state index is 12.9. The first-order valence-electron chi connectivity index (χ1n) is 9.31. The predicted molar refractivity (Wildman–Crippen MR) is 101 cm³/mol. The van der Waals surface area contributed by atoms with E-state index in [2.05, 4.69) is 36.0 Å². The van der Waals surface area contributed by atoms with Crippen molar-refractivity contribution >= 4 is 33.1 Å². The number of aromatic nitrogens is 4. The van der Waals surface area contributed by atoms with E-state index in [1.165, 1.54) is 15.3 Å². The van der Waals surface area contributed by atoms with E-state index in [0.717, 1.165) is 48.5 Å². The zero-order valence-corrected chi connectivity index (χ0v) is 16.6. The van der Waals surface area contributed by atoms with Gasteiger partial charge in [0.15, 0.2) is 5.65 Å². The van der Waals surface area contributed by atoms with E-state index >= 15 is 0 Å². The number of amides is 1. The fourth-order valence-electron chi connectivity index (χ4n) is 3.87. The molecule has 3 aromatic heterocycles. The van der Waals surface area contributed by atoms with Gasteiger partial charge in [-0.15, -0.1) is 16.4 Å². The molecule has 0 atom stereocenters. The van der Waals surface area contributed by atoms with Gasteiger partial charge < -0.3 is 14.5 Å². The summed E-state index contributed by atoms with van der Waals surface area (Å²) in [5.74, 6) is 0.169. The van der Waals surface area contributed by atoms with Gasteiger partial charge in [-0.05, 0) is 19.4 Å². The number of likely N-dealkylation sites (N-methyl/N-ethyl adjacent to an activating group) is 1. The second-order valence-electron chi connectivity index (χ2n) is 8.11. The van der Waals surface area contributed by atoms with Crippen LogP contribution in [0.25, 0.3) is 15.9 Å². The minimum absolute atomic E-state index is 0.0906. The molecular formula is C18H23N6O2S+. The highest BCUT2D eigenvalue weighted by Crippen LogP contribution is 2.39. The Labute approximate surface area is 160 Å². The number of quaternary nitrogens is 1. The number of nitrogens with one attached hydrogen (secondary N) is 1.